The van der Waals surface area contributed by atoms with Crippen molar-refractivity contribution in [3.63, 3.8) is 0 Å². The molecule has 0 spiro atoms. The number of halogens is 3. The van der Waals surface area contributed by atoms with Crippen LogP contribution in [-0.4, -0.2) is 34.9 Å². The van der Waals surface area contributed by atoms with Crippen molar-refractivity contribution in [1.29, 1.82) is 0 Å². The molecule has 8 heteroatoms. The number of hydrogen-bond donors (Lipinski definition) is 1. The second-order valence-corrected chi connectivity index (χ2v) is 7.37. The summed E-state index contributed by atoms with van der Waals surface area (Å²) in [4.78, 5) is 14.3. The molecule has 0 aliphatic carbocycles. The molecule has 1 aromatic heterocycles. The van der Waals surface area contributed by atoms with E-state index < -0.39 is 17.8 Å². The monoisotopic (exact) mass is 414 g/mol. The van der Waals surface area contributed by atoms with Gasteiger partial charge >= 0.3 is 0 Å². The number of carbonyl (C=O) groups is 1. The Morgan fingerprint density at radius 3 is 2.53 bits per heavy atom. The minimum absolute atomic E-state index is 0.183. The molecule has 5 nitrogen and oxygen atoms in total. The summed E-state index contributed by atoms with van der Waals surface area (Å²) in [5.41, 5.74) is 2.36. The van der Waals surface area contributed by atoms with Gasteiger partial charge < -0.3 is 10.2 Å². The molecule has 1 aliphatic rings. The van der Waals surface area contributed by atoms with Crippen LogP contribution in [0.3, 0.4) is 0 Å². The molecule has 0 unspecified atom stereocenters. The molecule has 30 heavy (non-hydrogen) atoms. The smallest absolute Gasteiger partial charge is 0.229 e. The number of nitrogens with zero attached hydrogens (tertiary/aromatic N) is 3. The van der Waals surface area contributed by atoms with Gasteiger partial charge in [0.1, 0.15) is 6.17 Å². The lowest BCUT2D eigenvalue weighted by Gasteiger charge is -2.17. The predicted octanol–water partition coefficient (Wildman–Crippen LogP) is 3.94. The van der Waals surface area contributed by atoms with Gasteiger partial charge in [0, 0.05) is 31.0 Å². The third-order valence-corrected chi connectivity index (χ3v) is 5.03. The number of amides is 1. The van der Waals surface area contributed by atoms with Gasteiger partial charge in [0.15, 0.2) is 17.5 Å². The zero-order chi connectivity index (χ0) is 21.1. The number of carbonyl (C=O) groups excluding carboxylic acids is 1. The van der Waals surface area contributed by atoms with Gasteiger partial charge in [-0.05, 0) is 41.8 Å². The van der Waals surface area contributed by atoms with E-state index in [1.54, 1.807) is 12.3 Å². The molecule has 3 aromatic rings. The molecule has 1 amide bonds. The highest BCUT2D eigenvalue weighted by Crippen LogP contribution is 2.22. The normalized spacial score (nSPS) is 16.1. The van der Waals surface area contributed by atoms with E-state index >= 15 is 0 Å². The van der Waals surface area contributed by atoms with Crippen LogP contribution in [0.1, 0.15) is 17.5 Å². The fourth-order valence-corrected chi connectivity index (χ4v) is 3.49. The molecule has 0 bridgehead atoms. The number of anilines is 2. The average molecular weight is 414 g/mol. The number of hydrogen-bond acceptors (Lipinski definition) is 3. The van der Waals surface area contributed by atoms with Crippen molar-refractivity contribution in [2.24, 2.45) is 0 Å². The summed E-state index contributed by atoms with van der Waals surface area (Å²) in [5.74, 6) is -1.64. The van der Waals surface area contributed by atoms with Crippen LogP contribution in [-0.2, 0) is 17.8 Å². The number of alkyl halides is 1. The van der Waals surface area contributed by atoms with E-state index in [1.165, 1.54) is 10.7 Å². The molecule has 0 radical (unpaired) electrons. The van der Waals surface area contributed by atoms with Crippen molar-refractivity contribution in [3.05, 3.63) is 77.5 Å². The molecule has 2 aromatic carbocycles. The molecule has 2 heterocycles. The second-order valence-electron chi connectivity index (χ2n) is 7.37. The molecule has 1 atom stereocenters. The van der Waals surface area contributed by atoms with E-state index in [9.17, 15) is 18.0 Å². The van der Waals surface area contributed by atoms with E-state index in [1.807, 2.05) is 29.2 Å². The Morgan fingerprint density at radius 1 is 1.07 bits per heavy atom. The van der Waals surface area contributed by atoms with Crippen molar-refractivity contribution in [1.82, 2.24) is 9.78 Å². The van der Waals surface area contributed by atoms with Gasteiger partial charge in [-0.1, -0.05) is 18.2 Å². The lowest BCUT2D eigenvalue weighted by molar-refractivity contribution is -0.115. The number of aromatic nitrogens is 2. The molecule has 0 saturated carbocycles. The maximum absolute atomic E-state index is 13.3. The SMILES string of the molecule is O=C(Cc1ccc(N2CC[C@@H](F)C2)cc1)Nc1ccn(Cc2ccc(F)c(F)c2)n1. The first-order valence-electron chi connectivity index (χ1n) is 9.71. The first-order valence-corrected chi connectivity index (χ1v) is 9.71. The quantitative estimate of drug-likeness (QED) is 0.665. The third-order valence-electron chi connectivity index (χ3n) is 5.03. The number of nitrogens with one attached hydrogen (secondary N) is 1. The first-order chi connectivity index (χ1) is 14.5. The van der Waals surface area contributed by atoms with E-state index in [0.29, 0.717) is 30.9 Å². The van der Waals surface area contributed by atoms with Crippen molar-refractivity contribution >= 4 is 17.4 Å². The van der Waals surface area contributed by atoms with Crippen LogP contribution in [0.4, 0.5) is 24.7 Å². The van der Waals surface area contributed by atoms with Crippen LogP contribution in [0.25, 0.3) is 0 Å². The lowest BCUT2D eigenvalue weighted by atomic mass is 10.1. The minimum atomic E-state index is -0.909. The Hall–Kier alpha value is -3.29. The number of benzene rings is 2. The summed E-state index contributed by atoms with van der Waals surface area (Å²) in [6.45, 7) is 1.37. The summed E-state index contributed by atoms with van der Waals surface area (Å²) >= 11 is 0. The molecular weight excluding hydrogens is 393 g/mol. The van der Waals surface area contributed by atoms with Crippen molar-refractivity contribution in [2.75, 3.05) is 23.3 Å². The Bertz CT molecular complexity index is 1040. The van der Waals surface area contributed by atoms with Crippen LogP contribution in [0.15, 0.2) is 54.7 Å². The van der Waals surface area contributed by atoms with Crippen molar-refractivity contribution < 1.29 is 18.0 Å². The lowest BCUT2D eigenvalue weighted by Crippen LogP contribution is -2.20. The summed E-state index contributed by atoms with van der Waals surface area (Å²) in [6.07, 6.45) is 1.60. The van der Waals surface area contributed by atoms with Gasteiger partial charge in [-0.25, -0.2) is 13.2 Å². The predicted molar refractivity (Wildman–Crippen MR) is 108 cm³/mol. The molecule has 1 saturated heterocycles. The Labute approximate surface area is 172 Å². The largest absolute Gasteiger partial charge is 0.369 e. The van der Waals surface area contributed by atoms with E-state index in [4.69, 9.17) is 0 Å². The van der Waals surface area contributed by atoms with Gasteiger partial charge in [0.2, 0.25) is 5.91 Å². The van der Waals surface area contributed by atoms with E-state index in [2.05, 4.69) is 10.4 Å². The highest BCUT2D eigenvalue weighted by atomic mass is 19.2. The zero-order valence-electron chi connectivity index (χ0n) is 16.2. The fourth-order valence-electron chi connectivity index (χ4n) is 3.49. The van der Waals surface area contributed by atoms with Crippen LogP contribution in [0.5, 0.6) is 0 Å². The second kappa shape index (κ2) is 8.61. The number of rotatable bonds is 6. The van der Waals surface area contributed by atoms with Crippen molar-refractivity contribution in [2.45, 2.75) is 25.6 Å². The molecule has 1 fully saturated rings. The Kier molecular flexibility index (Phi) is 5.74. The highest BCUT2D eigenvalue weighted by molar-refractivity contribution is 5.91. The van der Waals surface area contributed by atoms with Crippen molar-refractivity contribution in [3.8, 4) is 0 Å². The van der Waals surface area contributed by atoms with Gasteiger partial charge in [-0.15, -0.1) is 0 Å². The topological polar surface area (TPSA) is 50.2 Å². The molecule has 156 valence electrons. The average Bonchev–Trinajstić information content (AvgIpc) is 3.34. The summed E-state index contributed by atoms with van der Waals surface area (Å²) in [6, 6.07) is 12.8. The van der Waals surface area contributed by atoms with Gasteiger partial charge in [0.25, 0.3) is 0 Å². The van der Waals surface area contributed by atoms with Crippen LogP contribution < -0.4 is 10.2 Å². The van der Waals surface area contributed by atoms with E-state index in [0.717, 1.165) is 23.4 Å². The van der Waals surface area contributed by atoms with E-state index in [-0.39, 0.29) is 18.9 Å². The molecular formula is C22H21F3N4O. The highest BCUT2D eigenvalue weighted by Gasteiger charge is 2.21. The summed E-state index contributed by atoms with van der Waals surface area (Å²) in [5, 5.41) is 6.97. The zero-order valence-corrected chi connectivity index (χ0v) is 16.2. The summed E-state index contributed by atoms with van der Waals surface area (Å²) in [7, 11) is 0. The molecule has 1 N–H and O–H groups in total. The Morgan fingerprint density at radius 2 is 1.83 bits per heavy atom. The van der Waals surface area contributed by atoms with Gasteiger partial charge in [-0.2, -0.15) is 5.10 Å². The van der Waals surface area contributed by atoms with Crippen LogP contribution in [0, 0.1) is 11.6 Å². The van der Waals surface area contributed by atoms with Crippen LogP contribution >= 0.6 is 0 Å². The van der Waals surface area contributed by atoms with Crippen LogP contribution in [0.2, 0.25) is 0 Å². The molecule has 4 rings (SSSR count). The van der Waals surface area contributed by atoms with Gasteiger partial charge in [0.05, 0.1) is 13.0 Å². The maximum Gasteiger partial charge on any atom is 0.229 e. The third kappa shape index (κ3) is 4.82. The molecule has 1 aliphatic heterocycles. The standard InChI is InChI=1S/C22H21F3N4O/c23-17-7-9-28(14-17)18-4-1-15(2-5-18)12-22(30)26-21-8-10-29(27-21)13-16-3-6-19(24)20(25)11-16/h1-6,8,10-11,17H,7,9,12-14H2,(H,26,27,30)/t17-/m1/s1. The first kappa shape index (κ1) is 20.0. The Balaban J connectivity index is 1.31. The fraction of sp³-hybridized carbons (Fsp3) is 0.273. The summed E-state index contributed by atoms with van der Waals surface area (Å²) < 4.78 is 41.2. The van der Waals surface area contributed by atoms with Gasteiger partial charge in [-0.3, -0.25) is 9.48 Å². The maximum atomic E-state index is 13.3. The minimum Gasteiger partial charge on any atom is -0.369 e.